The van der Waals surface area contributed by atoms with Gasteiger partial charge in [0.15, 0.2) is 0 Å². The van der Waals surface area contributed by atoms with Crippen LogP contribution in [0.3, 0.4) is 0 Å². The lowest BCUT2D eigenvalue weighted by molar-refractivity contribution is 0.198. The number of aryl methyl sites for hydroxylation is 1. The maximum Gasteiger partial charge on any atom is 0.144 e. The summed E-state index contributed by atoms with van der Waals surface area (Å²) < 4.78 is 19.5. The number of hydrogen-bond donors (Lipinski definition) is 0. The standard InChI is InChI=1S/C30H41FN2O/c1-2-3-4-5-6-7-8-9-10-11-24-14-19-30(33-22-24)26-15-12-25(13-16-26)23-34-28-18-17-27(21-32)29(31)20-28/h14,17-20,22,25-26H,2-13,15-16,23H2,1H3. The molecule has 0 saturated heterocycles. The minimum absolute atomic E-state index is 0.0551. The van der Waals surface area contributed by atoms with Crippen LogP contribution in [0.1, 0.15) is 113 Å². The molecule has 184 valence electrons. The van der Waals surface area contributed by atoms with Crippen LogP contribution in [0.15, 0.2) is 36.5 Å². The Morgan fingerprint density at radius 1 is 0.941 bits per heavy atom. The summed E-state index contributed by atoms with van der Waals surface area (Å²) in [5, 5.41) is 8.84. The Balaban J connectivity index is 1.30. The fraction of sp³-hybridized carbons (Fsp3) is 0.600. The maximum atomic E-state index is 13.7. The van der Waals surface area contributed by atoms with E-state index in [0.717, 1.165) is 32.1 Å². The van der Waals surface area contributed by atoms with E-state index in [-0.39, 0.29) is 5.56 Å². The molecule has 1 aliphatic carbocycles. The summed E-state index contributed by atoms with van der Waals surface area (Å²) in [7, 11) is 0. The van der Waals surface area contributed by atoms with Crippen LogP contribution in [0, 0.1) is 23.1 Å². The summed E-state index contributed by atoms with van der Waals surface area (Å²) in [6.45, 7) is 2.87. The molecule has 0 N–H and O–H groups in total. The van der Waals surface area contributed by atoms with Crippen molar-refractivity contribution in [2.45, 2.75) is 103 Å². The highest BCUT2D eigenvalue weighted by Gasteiger charge is 2.23. The third-order valence-electron chi connectivity index (χ3n) is 7.23. The number of nitriles is 1. The zero-order valence-electron chi connectivity index (χ0n) is 20.9. The van der Waals surface area contributed by atoms with Crippen LogP contribution in [0.4, 0.5) is 4.39 Å². The maximum absolute atomic E-state index is 13.7. The first kappa shape index (κ1) is 26.2. The molecule has 4 heteroatoms. The Bertz CT molecular complexity index is 882. The topological polar surface area (TPSA) is 45.9 Å². The van der Waals surface area contributed by atoms with Crippen molar-refractivity contribution in [2.75, 3.05) is 6.61 Å². The van der Waals surface area contributed by atoms with E-state index in [1.807, 2.05) is 6.07 Å². The van der Waals surface area contributed by atoms with Crippen LogP contribution in [0.25, 0.3) is 0 Å². The Hall–Kier alpha value is -2.41. The molecule has 1 aliphatic rings. The number of nitrogens with zero attached hydrogens (tertiary/aromatic N) is 2. The average Bonchev–Trinajstić information content (AvgIpc) is 2.87. The van der Waals surface area contributed by atoms with E-state index >= 15 is 0 Å². The van der Waals surface area contributed by atoms with Gasteiger partial charge in [0.25, 0.3) is 0 Å². The Labute approximate surface area is 205 Å². The Kier molecular flexibility index (Phi) is 11.4. The van der Waals surface area contributed by atoms with E-state index in [2.05, 4.69) is 25.3 Å². The molecule has 1 heterocycles. The fourth-order valence-electron chi connectivity index (χ4n) is 4.98. The van der Waals surface area contributed by atoms with Crippen molar-refractivity contribution >= 4 is 0 Å². The molecule has 1 saturated carbocycles. The van der Waals surface area contributed by atoms with Gasteiger partial charge in [0.05, 0.1) is 12.2 Å². The van der Waals surface area contributed by atoms with Crippen molar-refractivity contribution in [3.63, 3.8) is 0 Å². The highest BCUT2D eigenvalue weighted by Crippen LogP contribution is 2.35. The van der Waals surface area contributed by atoms with Crippen molar-refractivity contribution in [3.05, 3.63) is 59.2 Å². The number of unbranched alkanes of at least 4 members (excludes halogenated alkanes) is 8. The summed E-state index contributed by atoms with van der Waals surface area (Å²) in [6.07, 6.45) is 20.0. The molecule has 1 fully saturated rings. The molecule has 0 radical (unpaired) electrons. The molecule has 0 aliphatic heterocycles. The predicted octanol–water partition coefficient (Wildman–Crippen LogP) is 8.52. The van der Waals surface area contributed by atoms with Gasteiger partial charge in [0.2, 0.25) is 0 Å². The van der Waals surface area contributed by atoms with E-state index < -0.39 is 5.82 Å². The van der Waals surface area contributed by atoms with Gasteiger partial charge in [-0.2, -0.15) is 5.26 Å². The molecule has 0 bridgehead atoms. The summed E-state index contributed by atoms with van der Waals surface area (Å²) >= 11 is 0. The van der Waals surface area contributed by atoms with Crippen LogP contribution in [-0.2, 0) is 6.42 Å². The van der Waals surface area contributed by atoms with Gasteiger partial charge in [0, 0.05) is 23.9 Å². The monoisotopic (exact) mass is 464 g/mol. The average molecular weight is 465 g/mol. The van der Waals surface area contributed by atoms with Crippen molar-refractivity contribution < 1.29 is 9.13 Å². The van der Waals surface area contributed by atoms with Gasteiger partial charge < -0.3 is 4.74 Å². The second-order valence-corrected chi connectivity index (χ2v) is 9.95. The lowest BCUT2D eigenvalue weighted by Crippen LogP contribution is -2.19. The molecule has 0 atom stereocenters. The zero-order valence-corrected chi connectivity index (χ0v) is 20.9. The van der Waals surface area contributed by atoms with E-state index in [1.165, 1.54) is 81.2 Å². The molecule has 2 aromatic rings. The number of pyridine rings is 1. The first-order valence-electron chi connectivity index (χ1n) is 13.5. The molecular weight excluding hydrogens is 423 g/mol. The molecule has 34 heavy (non-hydrogen) atoms. The normalized spacial score (nSPS) is 17.9. The molecular formula is C30H41FN2O. The summed E-state index contributed by atoms with van der Waals surface area (Å²) in [5.74, 6) is 1.00. The van der Waals surface area contributed by atoms with E-state index in [9.17, 15) is 4.39 Å². The number of halogens is 1. The highest BCUT2D eigenvalue weighted by molar-refractivity contribution is 5.36. The zero-order chi connectivity index (χ0) is 24.0. The minimum Gasteiger partial charge on any atom is -0.493 e. The first-order chi connectivity index (χ1) is 16.7. The Morgan fingerprint density at radius 3 is 2.26 bits per heavy atom. The smallest absolute Gasteiger partial charge is 0.144 e. The van der Waals surface area contributed by atoms with Crippen molar-refractivity contribution in [3.8, 4) is 11.8 Å². The Morgan fingerprint density at radius 2 is 1.65 bits per heavy atom. The molecule has 3 rings (SSSR count). The summed E-state index contributed by atoms with van der Waals surface area (Å²) in [6, 6.07) is 10.8. The van der Waals surface area contributed by atoms with E-state index in [1.54, 1.807) is 6.07 Å². The van der Waals surface area contributed by atoms with E-state index in [4.69, 9.17) is 15.0 Å². The third kappa shape index (κ3) is 8.75. The van der Waals surface area contributed by atoms with Gasteiger partial charge in [-0.05, 0) is 68.2 Å². The van der Waals surface area contributed by atoms with Crippen molar-refractivity contribution in [1.82, 2.24) is 4.98 Å². The van der Waals surface area contributed by atoms with Crippen molar-refractivity contribution in [2.24, 2.45) is 5.92 Å². The largest absolute Gasteiger partial charge is 0.493 e. The molecule has 1 aromatic carbocycles. The van der Waals surface area contributed by atoms with E-state index in [0.29, 0.717) is 24.2 Å². The summed E-state index contributed by atoms with van der Waals surface area (Å²) in [5.41, 5.74) is 2.65. The lowest BCUT2D eigenvalue weighted by atomic mass is 9.80. The van der Waals surface area contributed by atoms with Crippen LogP contribution < -0.4 is 4.74 Å². The second-order valence-electron chi connectivity index (χ2n) is 9.95. The molecule has 0 spiro atoms. The molecule has 0 unspecified atom stereocenters. The first-order valence-corrected chi connectivity index (χ1v) is 13.5. The van der Waals surface area contributed by atoms with Gasteiger partial charge >= 0.3 is 0 Å². The van der Waals surface area contributed by atoms with Crippen LogP contribution >= 0.6 is 0 Å². The van der Waals surface area contributed by atoms with Gasteiger partial charge in [-0.15, -0.1) is 0 Å². The van der Waals surface area contributed by atoms with Crippen LogP contribution in [0.2, 0.25) is 0 Å². The van der Waals surface area contributed by atoms with Crippen LogP contribution in [-0.4, -0.2) is 11.6 Å². The fourth-order valence-corrected chi connectivity index (χ4v) is 4.98. The lowest BCUT2D eigenvalue weighted by Gasteiger charge is -2.28. The van der Waals surface area contributed by atoms with Gasteiger partial charge in [-0.25, -0.2) is 4.39 Å². The minimum atomic E-state index is -0.518. The summed E-state index contributed by atoms with van der Waals surface area (Å²) in [4.78, 5) is 4.80. The second kappa shape index (κ2) is 14.8. The molecule has 3 nitrogen and oxygen atoms in total. The quantitative estimate of drug-likeness (QED) is 0.263. The van der Waals surface area contributed by atoms with Crippen molar-refractivity contribution in [1.29, 1.82) is 5.26 Å². The highest BCUT2D eigenvalue weighted by atomic mass is 19.1. The molecule has 1 aromatic heterocycles. The third-order valence-corrected chi connectivity index (χ3v) is 7.23. The number of rotatable bonds is 14. The number of benzene rings is 1. The number of aromatic nitrogens is 1. The number of ether oxygens (including phenoxy) is 1. The SMILES string of the molecule is CCCCCCCCCCCc1ccc(C2CCC(COc3ccc(C#N)c(F)c3)CC2)nc1. The van der Waals surface area contributed by atoms with Crippen LogP contribution in [0.5, 0.6) is 5.75 Å². The molecule has 0 amide bonds. The van der Waals surface area contributed by atoms with Gasteiger partial charge in [-0.1, -0.05) is 64.4 Å². The number of hydrogen-bond acceptors (Lipinski definition) is 3. The predicted molar refractivity (Wildman–Crippen MR) is 136 cm³/mol. The van der Waals surface area contributed by atoms with Gasteiger partial charge in [-0.3, -0.25) is 4.98 Å². The van der Waals surface area contributed by atoms with Gasteiger partial charge in [0.1, 0.15) is 17.6 Å².